The molecule has 13 heavy (non-hydrogen) atoms. The van der Waals surface area contributed by atoms with Crippen molar-refractivity contribution in [2.24, 2.45) is 0 Å². The number of aromatic nitrogens is 2. The first-order valence-corrected chi connectivity index (χ1v) is 5.57. The monoisotopic (exact) mass is 214 g/mol. The van der Waals surface area contributed by atoms with Gasteiger partial charge in [0.25, 0.3) is 0 Å². The molecule has 0 aliphatic rings. The number of alkyl halides is 1. The van der Waals surface area contributed by atoms with Crippen LogP contribution in [0.25, 0.3) is 4.96 Å². The van der Waals surface area contributed by atoms with Crippen LogP contribution in [-0.2, 0) is 6.42 Å². The molecule has 0 atom stereocenters. The van der Waals surface area contributed by atoms with Crippen LogP contribution in [0.3, 0.4) is 0 Å². The third-order valence-electron chi connectivity index (χ3n) is 2.07. The fraction of sp³-hybridized carbons (Fsp3) is 0.444. The lowest BCUT2D eigenvalue weighted by molar-refractivity contribution is 0.991. The van der Waals surface area contributed by atoms with Gasteiger partial charge in [-0.25, -0.2) is 4.98 Å². The topological polar surface area (TPSA) is 17.3 Å². The molecule has 0 radical (unpaired) electrons. The molecule has 0 saturated carbocycles. The summed E-state index contributed by atoms with van der Waals surface area (Å²) in [6, 6.07) is 0. The molecule has 2 aromatic rings. The minimum Gasteiger partial charge on any atom is -0.294 e. The van der Waals surface area contributed by atoms with Crippen molar-refractivity contribution in [1.82, 2.24) is 9.38 Å². The Hall–Kier alpha value is -0.540. The van der Waals surface area contributed by atoms with Crippen molar-refractivity contribution in [3.63, 3.8) is 0 Å². The molecular weight excluding hydrogens is 204 g/mol. The standard InChI is InChI=1S/C9H11ClN2S/c1-6-5-12-8(3-4-10)7(2)13-9(12)11-6/h5H,3-4H2,1-2H3. The molecule has 0 fully saturated rings. The van der Waals surface area contributed by atoms with Crippen molar-refractivity contribution >= 4 is 27.9 Å². The van der Waals surface area contributed by atoms with Crippen LogP contribution >= 0.6 is 22.9 Å². The number of rotatable bonds is 2. The Balaban J connectivity index is 2.61. The minimum absolute atomic E-state index is 0.671. The fourth-order valence-corrected chi connectivity index (χ4v) is 2.71. The molecule has 2 nitrogen and oxygen atoms in total. The largest absolute Gasteiger partial charge is 0.294 e. The molecule has 2 aromatic heterocycles. The van der Waals surface area contributed by atoms with E-state index in [4.69, 9.17) is 11.6 Å². The van der Waals surface area contributed by atoms with E-state index in [-0.39, 0.29) is 0 Å². The molecule has 0 saturated heterocycles. The molecule has 4 heteroatoms. The average molecular weight is 215 g/mol. The number of thiazole rings is 1. The van der Waals surface area contributed by atoms with Gasteiger partial charge in [0.15, 0.2) is 4.96 Å². The zero-order chi connectivity index (χ0) is 9.42. The maximum absolute atomic E-state index is 5.74. The van der Waals surface area contributed by atoms with Gasteiger partial charge in [-0.3, -0.25) is 4.40 Å². The zero-order valence-corrected chi connectivity index (χ0v) is 9.24. The van der Waals surface area contributed by atoms with E-state index in [0.717, 1.165) is 17.1 Å². The molecule has 0 spiro atoms. The number of imidazole rings is 1. The lowest BCUT2D eigenvalue weighted by Crippen LogP contribution is -1.93. The van der Waals surface area contributed by atoms with Crippen LogP contribution in [0.1, 0.15) is 16.3 Å². The highest BCUT2D eigenvalue weighted by atomic mass is 35.5. The van der Waals surface area contributed by atoms with Crippen molar-refractivity contribution in [3.05, 3.63) is 22.5 Å². The van der Waals surface area contributed by atoms with E-state index >= 15 is 0 Å². The molecular formula is C9H11ClN2S. The molecule has 2 rings (SSSR count). The van der Waals surface area contributed by atoms with Gasteiger partial charge in [-0.2, -0.15) is 0 Å². The van der Waals surface area contributed by atoms with Crippen LogP contribution in [0.2, 0.25) is 0 Å². The molecule has 2 heterocycles. The van der Waals surface area contributed by atoms with Gasteiger partial charge in [-0.15, -0.1) is 22.9 Å². The van der Waals surface area contributed by atoms with Crippen LogP contribution < -0.4 is 0 Å². The predicted octanol–water partition coefficient (Wildman–Crippen LogP) is 2.79. The summed E-state index contributed by atoms with van der Waals surface area (Å²) in [6.07, 6.45) is 2.99. The lowest BCUT2D eigenvalue weighted by Gasteiger charge is -1.96. The smallest absolute Gasteiger partial charge is 0.194 e. The summed E-state index contributed by atoms with van der Waals surface area (Å²) in [6.45, 7) is 4.14. The highest BCUT2D eigenvalue weighted by Crippen LogP contribution is 2.22. The zero-order valence-electron chi connectivity index (χ0n) is 7.67. The summed E-state index contributed by atoms with van der Waals surface area (Å²) in [5.74, 6) is 0.671. The van der Waals surface area contributed by atoms with E-state index in [9.17, 15) is 0 Å². The van der Waals surface area contributed by atoms with E-state index in [0.29, 0.717) is 5.88 Å². The van der Waals surface area contributed by atoms with Crippen LogP contribution in [0.5, 0.6) is 0 Å². The number of aryl methyl sites for hydroxylation is 3. The second-order valence-electron chi connectivity index (χ2n) is 3.08. The SMILES string of the molecule is Cc1cn2c(CCCl)c(C)sc2n1. The summed E-state index contributed by atoms with van der Waals surface area (Å²) in [7, 11) is 0. The average Bonchev–Trinajstić information content (AvgIpc) is 2.52. The molecule has 0 aliphatic carbocycles. The van der Waals surface area contributed by atoms with Crippen molar-refractivity contribution in [1.29, 1.82) is 0 Å². The van der Waals surface area contributed by atoms with Gasteiger partial charge < -0.3 is 0 Å². The third-order valence-corrected chi connectivity index (χ3v) is 3.27. The Morgan fingerprint density at radius 1 is 1.54 bits per heavy atom. The summed E-state index contributed by atoms with van der Waals surface area (Å²) < 4.78 is 2.15. The minimum atomic E-state index is 0.671. The maximum Gasteiger partial charge on any atom is 0.194 e. The lowest BCUT2D eigenvalue weighted by atomic mass is 10.3. The van der Waals surface area contributed by atoms with Gasteiger partial charge in [0, 0.05) is 29.1 Å². The van der Waals surface area contributed by atoms with Crippen LogP contribution in [0.15, 0.2) is 6.20 Å². The highest BCUT2D eigenvalue weighted by molar-refractivity contribution is 7.17. The predicted molar refractivity (Wildman–Crippen MR) is 57.0 cm³/mol. The Morgan fingerprint density at radius 3 is 3.00 bits per heavy atom. The van der Waals surface area contributed by atoms with E-state index < -0.39 is 0 Å². The summed E-state index contributed by atoms with van der Waals surface area (Å²) in [4.78, 5) is 6.82. The van der Waals surface area contributed by atoms with Crippen LogP contribution in [-0.4, -0.2) is 15.3 Å². The normalized spacial score (nSPS) is 11.3. The Morgan fingerprint density at radius 2 is 2.31 bits per heavy atom. The van der Waals surface area contributed by atoms with E-state index in [2.05, 4.69) is 22.5 Å². The van der Waals surface area contributed by atoms with Crippen molar-refractivity contribution < 1.29 is 0 Å². The van der Waals surface area contributed by atoms with Crippen molar-refractivity contribution in [2.45, 2.75) is 20.3 Å². The summed E-state index contributed by atoms with van der Waals surface area (Å²) >= 11 is 7.48. The van der Waals surface area contributed by atoms with E-state index in [1.165, 1.54) is 10.6 Å². The molecule has 0 aliphatic heterocycles. The van der Waals surface area contributed by atoms with Crippen LogP contribution in [0.4, 0.5) is 0 Å². The number of halogens is 1. The molecule has 0 aromatic carbocycles. The van der Waals surface area contributed by atoms with Gasteiger partial charge in [-0.1, -0.05) is 0 Å². The summed E-state index contributed by atoms with van der Waals surface area (Å²) in [5, 5.41) is 0. The van der Waals surface area contributed by atoms with Crippen molar-refractivity contribution in [2.75, 3.05) is 5.88 Å². The molecule has 0 N–H and O–H groups in total. The second-order valence-corrected chi connectivity index (χ2v) is 4.64. The number of fused-ring (bicyclic) bond motifs is 1. The Kier molecular flexibility index (Phi) is 2.30. The van der Waals surface area contributed by atoms with E-state index in [1.807, 2.05) is 6.92 Å². The van der Waals surface area contributed by atoms with Crippen LogP contribution in [0, 0.1) is 13.8 Å². The molecule has 70 valence electrons. The molecule has 0 unspecified atom stereocenters. The Bertz CT molecular complexity index is 430. The van der Waals surface area contributed by atoms with Gasteiger partial charge in [0.05, 0.1) is 5.69 Å². The van der Waals surface area contributed by atoms with Gasteiger partial charge in [0.2, 0.25) is 0 Å². The third kappa shape index (κ3) is 1.46. The Labute approximate surface area is 86.2 Å². The molecule has 0 amide bonds. The quantitative estimate of drug-likeness (QED) is 0.703. The van der Waals surface area contributed by atoms with Gasteiger partial charge >= 0.3 is 0 Å². The van der Waals surface area contributed by atoms with Gasteiger partial charge in [-0.05, 0) is 13.8 Å². The molecule has 0 bridgehead atoms. The number of hydrogen-bond acceptors (Lipinski definition) is 2. The first kappa shape index (κ1) is 9.03. The summed E-state index contributed by atoms with van der Waals surface area (Å²) in [5.41, 5.74) is 2.37. The van der Waals surface area contributed by atoms with E-state index in [1.54, 1.807) is 11.3 Å². The fourth-order valence-electron chi connectivity index (χ4n) is 1.49. The number of hydrogen-bond donors (Lipinski definition) is 0. The maximum atomic E-state index is 5.74. The van der Waals surface area contributed by atoms with Gasteiger partial charge in [0.1, 0.15) is 0 Å². The second kappa shape index (κ2) is 3.31. The first-order chi connectivity index (χ1) is 6.22. The van der Waals surface area contributed by atoms with Crippen molar-refractivity contribution in [3.8, 4) is 0 Å². The highest BCUT2D eigenvalue weighted by Gasteiger charge is 2.09. The number of nitrogens with zero attached hydrogens (tertiary/aromatic N) is 2. The first-order valence-electron chi connectivity index (χ1n) is 4.22.